The maximum Gasteiger partial charge on any atom is 0.324 e. The van der Waals surface area contributed by atoms with Crippen LogP contribution in [0.3, 0.4) is 0 Å². The zero-order valence-corrected chi connectivity index (χ0v) is 7.16. The quantitative estimate of drug-likeness (QED) is 0.431. The van der Waals surface area contributed by atoms with Gasteiger partial charge in [-0.1, -0.05) is 0 Å². The Morgan fingerprint density at radius 1 is 0.846 bits per heavy atom. The number of esters is 4. The van der Waals surface area contributed by atoms with Crippen LogP contribution < -0.4 is 0 Å². The van der Waals surface area contributed by atoms with Crippen LogP contribution in [-0.2, 0) is 28.7 Å². The molecule has 0 radical (unpaired) electrons. The summed E-state index contributed by atoms with van der Waals surface area (Å²) in [5, 5.41) is 0. The molecule has 0 amide bonds. The molecule has 0 heterocycles. The Morgan fingerprint density at radius 3 is 1.38 bits per heavy atom. The third-order valence-electron chi connectivity index (χ3n) is 0.804. The fourth-order valence-corrected chi connectivity index (χ4v) is 0.511. The molecule has 0 aliphatic carbocycles. The highest BCUT2D eigenvalue weighted by Crippen LogP contribution is 1.91. The summed E-state index contributed by atoms with van der Waals surface area (Å²) < 4.78 is 8.02. The molecule has 0 fully saturated rings. The Hall–Kier alpha value is -1.72. The Morgan fingerprint density at radius 2 is 1.15 bits per heavy atom. The molecule has 0 rings (SSSR count). The van der Waals surface area contributed by atoms with Crippen LogP contribution in [0, 0.1) is 0 Å². The van der Waals surface area contributed by atoms with Crippen molar-refractivity contribution in [2.45, 2.75) is 20.3 Å². The van der Waals surface area contributed by atoms with E-state index in [2.05, 4.69) is 9.47 Å². The minimum Gasteiger partial charge on any atom is -0.393 e. The van der Waals surface area contributed by atoms with E-state index in [-0.39, 0.29) is 0 Å². The average molecular weight is 188 g/mol. The number of hydrogen-bond donors (Lipinski definition) is 0. The third-order valence-corrected chi connectivity index (χ3v) is 0.804. The fraction of sp³-hybridized carbons (Fsp3) is 0.429. The van der Waals surface area contributed by atoms with Gasteiger partial charge in [-0.25, -0.2) is 0 Å². The maximum absolute atomic E-state index is 10.6. The minimum atomic E-state index is -1.04. The highest BCUT2D eigenvalue weighted by atomic mass is 16.6. The zero-order valence-electron chi connectivity index (χ0n) is 7.16. The predicted octanol–water partition coefficient (Wildman–Crippen LogP) is -0.444. The molecule has 6 nitrogen and oxygen atoms in total. The molecule has 72 valence electrons. The summed E-state index contributed by atoms with van der Waals surface area (Å²) in [5.41, 5.74) is 0. The van der Waals surface area contributed by atoms with Crippen LogP contribution >= 0.6 is 0 Å². The second-order valence-electron chi connectivity index (χ2n) is 2.11. The molecular weight excluding hydrogens is 180 g/mol. The Balaban J connectivity index is 3.85. The summed E-state index contributed by atoms with van der Waals surface area (Å²) in [6.45, 7) is 2.04. The van der Waals surface area contributed by atoms with E-state index in [0.29, 0.717) is 0 Å². The maximum atomic E-state index is 10.6. The van der Waals surface area contributed by atoms with E-state index in [1.54, 1.807) is 0 Å². The highest BCUT2D eigenvalue weighted by molar-refractivity contribution is 5.98. The normalized spacial score (nSPS) is 8.77. The molecule has 0 unspecified atom stereocenters. The van der Waals surface area contributed by atoms with Gasteiger partial charge < -0.3 is 9.47 Å². The van der Waals surface area contributed by atoms with Gasteiger partial charge in [-0.15, -0.1) is 0 Å². The smallest absolute Gasteiger partial charge is 0.324 e. The second kappa shape index (κ2) is 5.02. The zero-order chi connectivity index (χ0) is 10.4. The van der Waals surface area contributed by atoms with Crippen molar-refractivity contribution in [2.24, 2.45) is 0 Å². The van der Waals surface area contributed by atoms with Gasteiger partial charge in [0.15, 0.2) is 0 Å². The van der Waals surface area contributed by atoms with Gasteiger partial charge >= 0.3 is 23.9 Å². The molecule has 6 heteroatoms. The first kappa shape index (κ1) is 11.3. The summed E-state index contributed by atoms with van der Waals surface area (Å²) in [4.78, 5) is 41.6. The largest absolute Gasteiger partial charge is 0.393 e. The highest BCUT2D eigenvalue weighted by Gasteiger charge is 2.15. The Kier molecular flexibility index (Phi) is 4.36. The van der Waals surface area contributed by atoms with Gasteiger partial charge in [-0.3, -0.25) is 19.2 Å². The van der Waals surface area contributed by atoms with Crippen LogP contribution in [0.5, 0.6) is 0 Å². The topological polar surface area (TPSA) is 86.7 Å². The van der Waals surface area contributed by atoms with Crippen LogP contribution in [0.15, 0.2) is 0 Å². The molecule has 0 aromatic carbocycles. The van der Waals surface area contributed by atoms with Crippen LogP contribution in [0.4, 0.5) is 0 Å². The lowest BCUT2D eigenvalue weighted by Gasteiger charge is -1.98. The molecule has 0 aromatic heterocycles. The molecule has 0 atom stereocenters. The van der Waals surface area contributed by atoms with Crippen molar-refractivity contribution in [2.75, 3.05) is 0 Å². The lowest BCUT2D eigenvalue weighted by Crippen LogP contribution is -2.17. The monoisotopic (exact) mass is 188 g/mol. The lowest BCUT2D eigenvalue weighted by molar-refractivity contribution is -0.164. The van der Waals surface area contributed by atoms with Crippen LogP contribution in [-0.4, -0.2) is 23.9 Å². The number of ether oxygens (including phenoxy) is 2. The third kappa shape index (κ3) is 6.67. The van der Waals surface area contributed by atoms with Crippen molar-refractivity contribution in [1.29, 1.82) is 0 Å². The van der Waals surface area contributed by atoms with Gasteiger partial charge in [0.05, 0.1) is 0 Å². The van der Waals surface area contributed by atoms with Gasteiger partial charge in [0, 0.05) is 13.8 Å². The standard InChI is InChI=1S/C7H8O6/c1-4(8)12-6(10)3-7(11)13-5(2)9/h3H2,1-2H3. The van der Waals surface area contributed by atoms with Crippen LogP contribution in [0.1, 0.15) is 20.3 Å². The van der Waals surface area contributed by atoms with Crippen molar-refractivity contribution >= 4 is 23.9 Å². The van der Waals surface area contributed by atoms with Crippen LogP contribution in [0.25, 0.3) is 0 Å². The van der Waals surface area contributed by atoms with E-state index < -0.39 is 30.3 Å². The van der Waals surface area contributed by atoms with Gasteiger partial charge in [0.25, 0.3) is 0 Å². The first-order valence-electron chi connectivity index (χ1n) is 3.34. The molecule has 0 N–H and O–H groups in total. The summed E-state index contributed by atoms with van der Waals surface area (Å²) in [6.07, 6.45) is -0.751. The SMILES string of the molecule is CC(=O)OC(=O)CC(=O)OC(C)=O. The van der Waals surface area contributed by atoms with Crippen molar-refractivity contribution < 1.29 is 28.7 Å². The number of hydrogen-bond acceptors (Lipinski definition) is 6. The first-order valence-corrected chi connectivity index (χ1v) is 3.34. The molecule has 13 heavy (non-hydrogen) atoms. The lowest BCUT2D eigenvalue weighted by atomic mass is 10.4. The number of carbonyl (C=O) groups is 4. The summed E-state index contributed by atoms with van der Waals surface area (Å²) in [6, 6.07) is 0. The number of rotatable bonds is 2. The van der Waals surface area contributed by atoms with Crippen molar-refractivity contribution in [3.05, 3.63) is 0 Å². The first-order chi connectivity index (χ1) is 5.91. The summed E-state index contributed by atoms with van der Waals surface area (Å²) >= 11 is 0. The molecule has 0 saturated heterocycles. The van der Waals surface area contributed by atoms with Gasteiger partial charge in [-0.2, -0.15) is 0 Å². The molecule has 0 aliphatic heterocycles. The van der Waals surface area contributed by atoms with Gasteiger partial charge in [-0.05, 0) is 0 Å². The summed E-state index contributed by atoms with van der Waals surface area (Å²) in [5.74, 6) is -3.72. The van der Waals surface area contributed by atoms with E-state index in [0.717, 1.165) is 13.8 Å². The van der Waals surface area contributed by atoms with Gasteiger partial charge in [0.2, 0.25) is 0 Å². The molecule has 0 aromatic rings. The molecule has 0 bridgehead atoms. The van der Waals surface area contributed by atoms with Gasteiger partial charge in [0.1, 0.15) is 6.42 Å². The van der Waals surface area contributed by atoms with Crippen molar-refractivity contribution in [1.82, 2.24) is 0 Å². The average Bonchev–Trinajstić information content (AvgIpc) is 1.80. The molecule has 0 aliphatic rings. The van der Waals surface area contributed by atoms with Crippen molar-refractivity contribution in [3.8, 4) is 0 Å². The molecule has 0 saturated carbocycles. The second-order valence-corrected chi connectivity index (χ2v) is 2.11. The Labute approximate surface area is 73.8 Å². The van der Waals surface area contributed by atoms with E-state index in [1.165, 1.54) is 0 Å². The molecular formula is C7H8O6. The van der Waals surface area contributed by atoms with E-state index >= 15 is 0 Å². The van der Waals surface area contributed by atoms with E-state index in [1.807, 2.05) is 0 Å². The van der Waals surface area contributed by atoms with E-state index in [9.17, 15) is 19.2 Å². The molecule has 0 spiro atoms. The van der Waals surface area contributed by atoms with Crippen molar-refractivity contribution in [3.63, 3.8) is 0 Å². The minimum absolute atomic E-state index is 0.751. The Bertz CT molecular complexity index is 228. The number of carbonyl (C=O) groups excluding carboxylic acids is 4. The van der Waals surface area contributed by atoms with Crippen LogP contribution in [0.2, 0.25) is 0 Å². The fourth-order valence-electron chi connectivity index (χ4n) is 0.511. The summed E-state index contributed by atoms with van der Waals surface area (Å²) in [7, 11) is 0. The van der Waals surface area contributed by atoms with E-state index in [4.69, 9.17) is 0 Å². The predicted molar refractivity (Wildman–Crippen MR) is 38.2 cm³/mol.